The van der Waals surface area contributed by atoms with Gasteiger partial charge < -0.3 is 14.9 Å². The predicted molar refractivity (Wildman–Crippen MR) is 79.1 cm³/mol. The average Bonchev–Trinajstić information content (AvgIpc) is 2.40. The lowest BCUT2D eigenvalue weighted by molar-refractivity contribution is -0.136. The zero-order valence-electron chi connectivity index (χ0n) is 11.2. The number of likely N-dealkylation sites (N-methyl/N-ethyl adjacent to an activating group) is 1. The van der Waals surface area contributed by atoms with Gasteiger partial charge in [0.2, 0.25) is 0 Å². The lowest BCUT2D eigenvalue weighted by Crippen LogP contribution is -2.44. The van der Waals surface area contributed by atoms with Crippen molar-refractivity contribution >= 4 is 23.4 Å². The van der Waals surface area contributed by atoms with E-state index < -0.39 is 5.97 Å². The fourth-order valence-electron chi connectivity index (χ4n) is 2.07. The largest absolute Gasteiger partial charge is 0.481 e. The number of hydrogen-bond acceptors (Lipinski definition) is 4. The second-order valence-corrected chi connectivity index (χ2v) is 5.94. The van der Waals surface area contributed by atoms with Crippen LogP contribution in [0.5, 0.6) is 0 Å². The van der Waals surface area contributed by atoms with Gasteiger partial charge in [-0.2, -0.15) is 0 Å². The van der Waals surface area contributed by atoms with E-state index in [-0.39, 0.29) is 6.42 Å². The molecule has 0 unspecified atom stereocenters. The Kier molecular flexibility index (Phi) is 5.10. The van der Waals surface area contributed by atoms with Gasteiger partial charge in [0.15, 0.2) is 0 Å². The number of piperazine rings is 1. The van der Waals surface area contributed by atoms with Crippen molar-refractivity contribution in [3.05, 3.63) is 24.3 Å². The van der Waals surface area contributed by atoms with Gasteiger partial charge in [0.25, 0.3) is 0 Å². The number of carboxylic acid groups (broad SMARTS) is 1. The molecule has 0 atom stereocenters. The molecule has 1 aliphatic rings. The van der Waals surface area contributed by atoms with Gasteiger partial charge in [0.05, 0.1) is 6.42 Å². The molecule has 1 fully saturated rings. The number of benzene rings is 1. The highest BCUT2D eigenvalue weighted by Crippen LogP contribution is 2.23. The Hall–Kier alpha value is -1.20. The SMILES string of the molecule is CN1CCN(c2ccc(SCCC(=O)O)cc2)CC1. The van der Waals surface area contributed by atoms with Crippen molar-refractivity contribution in [2.24, 2.45) is 0 Å². The van der Waals surface area contributed by atoms with E-state index in [1.807, 2.05) is 0 Å². The molecule has 1 aromatic rings. The van der Waals surface area contributed by atoms with Crippen LogP contribution in [0.3, 0.4) is 0 Å². The summed E-state index contributed by atoms with van der Waals surface area (Å²) in [6.45, 7) is 4.36. The van der Waals surface area contributed by atoms with Gasteiger partial charge in [0, 0.05) is 42.5 Å². The minimum atomic E-state index is -0.735. The van der Waals surface area contributed by atoms with E-state index in [1.165, 1.54) is 5.69 Å². The average molecular weight is 280 g/mol. The Labute approximate surface area is 118 Å². The van der Waals surface area contributed by atoms with Crippen LogP contribution in [0.4, 0.5) is 5.69 Å². The molecule has 0 amide bonds. The maximum Gasteiger partial charge on any atom is 0.304 e. The smallest absolute Gasteiger partial charge is 0.304 e. The first-order chi connectivity index (χ1) is 9.15. The fourth-order valence-corrected chi connectivity index (χ4v) is 2.91. The van der Waals surface area contributed by atoms with Crippen LogP contribution in [0.15, 0.2) is 29.2 Å². The van der Waals surface area contributed by atoms with E-state index >= 15 is 0 Å². The molecule has 5 heteroatoms. The first-order valence-corrected chi connectivity index (χ1v) is 7.52. The lowest BCUT2D eigenvalue weighted by Gasteiger charge is -2.34. The summed E-state index contributed by atoms with van der Waals surface area (Å²) in [6.07, 6.45) is 0.213. The van der Waals surface area contributed by atoms with Crippen molar-refractivity contribution in [1.82, 2.24) is 4.90 Å². The van der Waals surface area contributed by atoms with Crippen LogP contribution in [0.1, 0.15) is 6.42 Å². The van der Waals surface area contributed by atoms with E-state index in [4.69, 9.17) is 5.11 Å². The maximum absolute atomic E-state index is 10.5. The van der Waals surface area contributed by atoms with Crippen molar-refractivity contribution in [2.45, 2.75) is 11.3 Å². The number of thioether (sulfide) groups is 1. The standard InChI is InChI=1S/C14H20N2O2S/c1-15-7-9-16(10-8-15)12-2-4-13(5-3-12)19-11-6-14(17)18/h2-5H,6-11H2,1H3,(H,17,18). The molecule has 0 saturated carbocycles. The molecule has 0 aliphatic carbocycles. The molecule has 0 aromatic heterocycles. The minimum Gasteiger partial charge on any atom is -0.481 e. The van der Waals surface area contributed by atoms with Crippen molar-refractivity contribution in [3.63, 3.8) is 0 Å². The van der Waals surface area contributed by atoms with E-state index in [0.717, 1.165) is 31.1 Å². The second-order valence-electron chi connectivity index (χ2n) is 4.78. The van der Waals surface area contributed by atoms with Gasteiger partial charge in [-0.3, -0.25) is 4.79 Å². The predicted octanol–water partition coefficient (Wildman–Crippen LogP) is 2.01. The fraction of sp³-hybridized carbons (Fsp3) is 0.500. The van der Waals surface area contributed by atoms with Crippen LogP contribution >= 0.6 is 11.8 Å². The number of carboxylic acids is 1. The molecule has 1 aliphatic heterocycles. The number of anilines is 1. The molecular formula is C14H20N2O2S. The van der Waals surface area contributed by atoms with Gasteiger partial charge in [-0.05, 0) is 31.3 Å². The van der Waals surface area contributed by atoms with Gasteiger partial charge in [0.1, 0.15) is 0 Å². The van der Waals surface area contributed by atoms with Crippen molar-refractivity contribution in [3.8, 4) is 0 Å². The second kappa shape index (κ2) is 6.82. The summed E-state index contributed by atoms with van der Waals surface area (Å²) in [5.41, 5.74) is 1.26. The molecular weight excluding hydrogens is 260 g/mol. The van der Waals surface area contributed by atoms with Crippen molar-refractivity contribution in [2.75, 3.05) is 43.9 Å². The molecule has 1 aromatic carbocycles. The van der Waals surface area contributed by atoms with Crippen LogP contribution in [-0.4, -0.2) is 55.0 Å². The summed E-state index contributed by atoms with van der Waals surface area (Å²) < 4.78 is 0. The summed E-state index contributed by atoms with van der Waals surface area (Å²) in [5, 5.41) is 8.60. The number of hydrogen-bond donors (Lipinski definition) is 1. The Morgan fingerprint density at radius 3 is 2.42 bits per heavy atom. The molecule has 0 spiro atoms. The summed E-state index contributed by atoms with van der Waals surface area (Å²) in [5.74, 6) is -0.107. The molecule has 104 valence electrons. The van der Waals surface area contributed by atoms with Crippen molar-refractivity contribution < 1.29 is 9.90 Å². The molecule has 0 bridgehead atoms. The summed E-state index contributed by atoms with van der Waals surface area (Å²) in [6, 6.07) is 8.43. The zero-order valence-corrected chi connectivity index (χ0v) is 12.0. The maximum atomic E-state index is 10.5. The van der Waals surface area contributed by atoms with Gasteiger partial charge in [-0.25, -0.2) is 0 Å². The third-order valence-electron chi connectivity index (χ3n) is 3.29. The molecule has 1 N–H and O–H groups in total. The molecule has 1 saturated heterocycles. The molecule has 19 heavy (non-hydrogen) atoms. The van der Waals surface area contributed by atoms with Crippen LogP contribution < -0.4 is 4.90 Å². The van der Waals surface area contributed by atoms with E-state index in [9.17, 15) is 4.79 Å². The topological polar surface area (TPSA) is 43.8 Å². The molecule has 0 radical (unpaired) electrons. The quantitative estimate of drug-likeness (QED) is 0.836. The minimum absolute atomic E-state index is 0.213. The highest BCUT2D eigenvalue weighted by molar-refractivity contribution is 7.99. The van der Waals surface area contributed by atoms with E-state index in [2.05, 4.69) is 41.1 Å². The van der Waals surface area contributed by atoms with Gasteiger partial charge in [-0.15, -0.1) is 11.8 Å². The Bertz CT molecular complexity index is 414. The van der Waals surface area contributed by atoms with Gasteiger partial charge in [-0.1, -0.05) is 0 Å². The van der Waals surface area contributed by atoms with Crippen LogP contribution in [0.25, 0.3) is 0 Å². The van der Waals surface area contributed by atoms with E-state index in [1.54, 1.807) is 11.8 Å². The normalized spacial score (nSPS) is 16.6. The first-order valence-electron chi connectivity index (χ1n) is 6.53. The highest BCUT2D eigenvalue weighted by Gasteiger charge is 2.13. The summed E-state index contributed by atoms with van der Waals surface area (Å²) in [4.78, 5) is 16.3. The number of carbonyl (C=O) groups is 1. The van der Waals surface area contributed by atoms with Gasteiger partial charge >= 0.3 is 5.97 Å². The highest BCUT2D eigenvalue weighted by atomic mass is 32.2. The zero-order chi connectivity index (χ0) is 13.7. The van der Waals surface area contributed by atoms with Crippen LogP contribution in [0, 0.1) is 0 Å². The molecule has 4 nitrogen and oxygen atoms in total. The Balaban J connectivity index is 1.85. The van der Waals surface area contributed by atoms with E-state index in [0.29, 0.717) is 5.75 Å². The first kappa shape index (κ1) is 14.2. The molecule has 1 heterocycles. The third kappa shape index (κ3) is 4.44. The van der Waals surface area contributed by atoms with Crippen LogP contribution in [0.2, 0.25) is 0 Å². The summed E-state index contributed by atoms with van der Waals surface area (Å²) >= 11 is 1.60. The number of aliphatic carboxylic acids is 1. The van der Waals surface area contributed by atoms with Crippen LogP contribution in [-0.2, 0) is 4.79 Å². The molecule has 2 rings (SSSR count). The lowest BCUT2D eigenvalue weighted by atomic mass is 10.2. The summed E-state index contributed by atoms with van der Waals surface area (Å²) in [7, 11) is 2.15. The number of nitrogens with zero attached hydrogens (tertiary/aromatic N) is 2. The Morgan fingerprint density at radius 2 is 1.84 bits per heavy atom. The Morgan fingerprint density at radius 1 is 1.21 bits per heavy atom. The number of rotatable bonds is 5. The monoisotopic (exact) mass is 280 g/mol. The van der Waals surface area contributed by atoms with Crippen molar-refractivity contribution in [1.29, 1.82) is 0 Å². The third-order valence-corrected chi connectivity index (χ3v) is 4.30.